The number of hydrogen-bond donors (Lipinski definition) is 2. The second-order valence-electron chi connectivity index (χ2n) is 5.20. The van der Waals surface area contributed by atoms with Gasteiger partial charge in [-0.1, -0.05) is 35.9 Å². The zero-order valence-corrected chi connectivity index (χ0v) is 12.6. The van der Waals surface area contributed by atoms with Gasteiger partial charge >= 0.3 is 5.97 Å². The van der Waals surface area contributed by atoms with Crippen LogP contribution in [0.2, 0.25) is 5.02 Å². The first kappa shape index (κ1) is 14.9. The third kappa shape index (κ3) is 3.08. The van der Waals surface area contributed by atoms with Gasteiger partial charge in [-0.3, -0.25) is 0 Å². The Labute approximate surface area is 133 Å². The zero-order chi connectivity index (χ0) is 15.5. The van der Waals surface area contributed by atoms with Crippen LogP contribution in [-0.4, -0.2) is 24.2 Å². The number of carboxylic acid groups (broad SMARTS) is 1. The number of carbonyl (C=O) groups is 1. The molecule has 0 spiro atoms. The fourth-order valence-electron chi connectivity index (χ4n) is 2.80. The molecule has 1 heterocycles. The van der Waals surface area contributed by atoms with E-state index in [0.29, 0.717) is 10.8 Å². The number of carboxylic acids is 1. The van der Waals surface area contributed by atoms with Crippen LogP contribution in [0, 0.1) is 0 Å². The number of aliphatic carboxylic acids is 1. The Hall–Kier alpha value is -2.04. The van der Waals surface area contributed by atoms with E-state index in [2.05, 4.69) is 17.4 Å². The molecule has 1 atom stereocenters. The van der Waals surface area contributed by atoms with E-state index in [4.69, 9.17) is 21.4 Å². The summed E-state index contributed by atoms with van der Waals surface area (Å²) in [5.41, 5.74) is 3.33. The molecule has 0 bridgehead atoms. The quantitative estimate of drug-likeness (QED) is 0.910. The van der Waals surface area contributed by atoms with Crippen LogP contribution >= 0.6 is 11.6 Å². The van der Waals surface area contributed by atoms with Crippen molar-refractivity contribution in [3.05, 3.63) is 64.2 Å². The molecular formula is C17H16ClNO3. The number of nitrogens with one attached hydrogen (secondary N) is 1. The highest BCUT2D eigenvalue weighted by atomic mass is 35.5. The minimum absolute atomic E-state index is 0.0487. The van der Waals surface area contributed by atoms with Crippen molar-refractivity contribution in [1.29, 1.82) is 0 Å². The van der Waals surface area contributed by atoms with Gasteiger partial charge < -0.3 is 15.2 Å². The number of ether oxygens (including phenoxy) is 1. The van der Waals surface area contributed by atoms with Crippen molar-refractivity contribution in [3.8, 4) is 5.75 Å². The first-order valence-electron chi connectivity index (χ1n) is 7.10. The van der Waals surface area contributed by atoms with Crippen LogP contribution in [0.3, 0.4) is 0 Å². The maximum atomic E-state index is 10.8. The fourth-order valence-corrected chi connectivity index (χ4v) is 2.98. The van der Waals surface area contributed by atoms with E-state index >= 15 is 0 Å². The minimum Gasteiger partial charge on any atom is -0.482 e. The Morgan fingerprint density at radius 1 is 1.27 bits per heavy atom. The van der Waals surface area contributed by atoms with Gasteiger partial charge in [-0.2, -0.15) is 0 Å². The monoisotopic (exact) mass is 317 g/mol. The van der Waals surface area contributed by atoms with E-state index in [0.717, 1.165) is 18.5 Å². The molecule has 0 aliphatic carbocycles. The van der Waals surface area contributed by atoms with Crippen molar-refractivity contribution < 1.29 is 14.6 Å². The Bertz CT molecular complexity index is 702. The molecule has 0 radical (unpaired) electrons. The Morgan fingerprint density at radius 3 is 2.91 bits per heavy atom. The number of fused-ring (bicyclic) bond motifs is 1. The van der Waals surface area contributed by atoms with Gasteiger partial charge in [0.15, 0.2) is 6.61 Å². The molecular weight excluding hydrogens is 302 g/mol. The van der Waals surface area contributed by atoms with Crippen LogP contribution in [0.5, 0.6) is 5.75 Å². The molecule has 114 valence electrons. The van der Waals surface area contributed by atoms with Crippen LogP contribution in [-0.2, 0) is 11.2 Å². The summed E-state index contributed by atoms with van der Waals surface area (Å²) in [7, 11) is 0. The van der Waals surface area contributed by atoms with Gasteiger partial charge in [0.2, 0.25) is 0 Å². The van der Waals surface area contributed by atoms with E-state index in [9.17, 15) is 4.79 Å². The van der Waals surface area contributed by atoms with Gasteiger partial charge in [-0.05, 0) is 35.7 Å². The molecule has 3 rings (SSSR count). The summed E-state index contributed by atoms with van der Waals surface area (Å²) in [4.78, 5) is 10.8. The third-order valence-corrected chi connectivity index (χ3v) is 3.98. The Balaban J connectivity index is 2.01. The summed E-state index contributed by atoms with van der Waals surface area (Å²) in [5.74, 6) is -0.459. The van der Waals surface area contributed by atoms with Gasteiger partial charge in [0, 0.05) is 17.1 Å². The van der Waals surface area contributed by atoms with E-state index in [-0.39, 0.29) is 12.6 Å². The summed E-state index contributed by atoms with van der Waals surface area (Å²) in [6.45, 7) is 0.482. The van der Waals surface area contributed by atoms with Crippen LogP contribution in [0.25, 0.3) is 0 Å². The molecule has 0 fully saturated rings. The van der Waals surface area contributed by atoms with Crippen molar-refractivity contribution in [2.75, 3.05) is 13.2 Å². The summed E-state index contributed by atoms with van der Waals surface area (Å²) < 4.78 is 5.42. The highest BCUT2D eigenvalue weighted by molar-refractivity contribution is 6.30. The number of halogens is 1. The molecule has 2 aromatic carbocycles. The average Bonchev–Trinajstić information content (AvgIpc) is 2.53. The van der Waals surface area contributed by atoms with Crippen molar-refractivity contribution in [2.24, 2.45) is 0 Å². The highest BCUT2D eigenvalue weighted by Gasteiger charge is 2.24. The van der Waals surface area contributed by atoms with Crippen molar-refractivity contribution in [2.45, 2.75) is 12.5 Å². The predicted octanol–water partition coefficient (Wildman–Crippen LogP) is 3.04. The largest absolute Gasteiger partial charge is 0.482 e. The maximum Gasteiger partial charge on any atom is 0.341 e. The summed E-state index contributed by atoms with van der Waals surface area (Å²) >= 11 is 6.13. The lowest BCUT2D eigenvalue weighted by atomic mass is 9.89. The van der Waals surface area contributed by atoms with Crippen LogP contribution in [0.1, 0.15) is 22.7 Å². The van der Waals surface area contributed by atoms with E-state index in [1.165, 1.54) is 11.1 Å². The zero-order valence-electron chi connectivity index (χ0n) is 11.9. The van der Waals surface area contributed by atoms with E-state index in [1.807, 2.05) is 18.2 Å². The molecule has 22 heavy (non-hydrogen) atoms. The minimum atomic E-state index is -1.00. The first-order chi connectivity index (χ1) is 10.6. The molecule has 2 aromatic rings. The van der Waals surface area contributed by atoms with Gasteiger partial charge in [0.25, 0.3) is 0 Å². The fraction of sp³-hybridized carbons (Fsp3) is 0.235. The standard InChI is InChI=1S/C17H16ClNO3/c18-12-5-6-15(22-10-16(20)21)14(9-12)17-13-4-2-1-3-11(13)7-8-19-17/h1-6,9,17,19H,7-8,10H2,(H,20,21). The second-order valence-corrected chi connectivity index (χ2v) is 5.64. The first-order valence-corrected chi connectivity index (χ1v) is 7.48. The maximum absolute atomic E-state index is 10.8. The van der Waals surface area contributed by atoms with Crippen LogP contribution in [0.15, 0.2) is 42.5 Å². The van der Waals surface area contributed by atoms with Gasteiger partial charge in [-0.25, -0.2) is 4.79 Å². The smallest absolute Gasteiger partial charge is 0.341 e. The molecule has 1 aliphatic heterocycles. The van der Waals surface area contributed by atoms with Gasteiger partial charge in [0.05, 0.1) is 6.04 Å². The molecule has 0 saturated carbocycles. The lowest BCUT2D eigenvalue weighted by Gasteiger charge is -2.28. The molecule has 0 amide bonds. The molecule has 0 aromatic heterocycles. The molecule has 5 heteroatoms. The molecule has 1 aliphatic rings. The summed E-state index contributed by atoms with van der Waals surface area (Å²) in [5, 5.41) is 12.9. The number of hydrogen-bond acceptors (Lipinski definition) is 3. The summed E-state index contributed by atoms with van der Waals surface area (Å²) in [6.07, 6.45) is 0.971. The van der Waals surface area contributed by atoms with Crippen molar-refractivity contribution in [1.82, 2.24) is 5.32 Å². The molecule has 0 saturated heterocycles. The summed E-state index contributed by atoms with van der Waals surface area (Å²) in [6, 6.07) is 13.4. The lowest BCUT2D eigenvalue weighted by Crippen LogP contribution is -2.31. The van der Waals surface area contributed by atoms with Gasteiger partial charge in [0.1, 0.15) is 5.75 Å². The number of benzene rings is 2. The third-order valence-electron chi connectivity index (χ3n) is 3.74. The molecule has 2 N–H and O–H groups in total. The highest BCUT2D eigenvalue weighted by Crippen LogP contribution is 2.35. The lowest BCUT2D eigenvalue weighted by molar-refractivity contribution is -0.139. The topological polar surface area (TPSA) is 58.6 Å². The van der Waals surface area contributed by atoms with Crippen LogP contribution < -0.4 is 10.1 Å². The average molecular weight is 318 g/mol. The normalized spacial score (nSPS) is 16.9. The molecule has 4 nitrogen and oxygen atoms in total. The predicted molar refractivity (Wildman–Crippen MR) is 84.6 cm³/mol. The second kappa shape index (κ2) is 6.38. The van der Waals surface area contributed by atoms with Gasteiger partial charge in [-0.15, -0.1) is 0 Å². The van der Waals surface area contributed by atoms with E-state index in [1.54, 1.807) is 12.1 Å². The van der Waals surface area contributed by atoms with E-state index < -0.39 is 5.97 Å². The Kier molecular flexibility index (Phi) is 4.32. The van der Waals surface area contributed by atoms with Crippen molar-refractivity contribution >= 4 is 17.6 Å². The Morgan fingerprint density at radius 2 is 2.09 bits per heavy atom. The number of rotatable bonds is 4. The van der Waals surface area contributed by atoms with Crippen molar-refractivity contribution in [3.63, 3.8) is 0 Å². The van der Waals surface area contributed by atoms with Crippen LogP contribution in [0.4, 0.5) is 0 Å². The SMILES string of the molecule is O=C(O)COc1ccc(Cl)cc1C1NCCc2ccccc21. The molecule has 1 unspecified atom stereocenters.